The van der Waals surface area contributed by atoms with E-state index in [1.54, 1.807) is 30.3 Å². The smallest absolute Gasteiger partial charge is 0.307 e. The van der Waals surface area contributed by atoms with Crippen molar-refractivity contribution in [2.24, 2.45) is 10.7 Å². The van der Waals surface area contributed by atoms with Gasteiger partial charge in [-0.15, -0.1) is 0 Å². The normalized spacial score (nSPS) is 12.3. The Balaban J connectivity index is 1.92. The Hall–Kier alpha value is -3.97. The zero-order valence-electron chi connectivity index (χ0n) is 18.3. The molecule has 0 amide bonds. The van der Waals surface area contributed by atoms with Crippen molar-refractivity contribution in [1.29, 1.82) is 0 Å². The lowest BCUT2D eigenvalue weighted by Crippen LogP contribution is -2.28. The Morgan fingerprint density at radius 2 is 1.82 bits per heavy atom. The predicted molar refractivity (Wildman–Crippen MR) is 127 cm³/mol. The fourth-order valence-electron chi connectivity index (χ4n) is 3.72. The number of benzene rings is 3. The fourth-order valence-corrected chi connectivity index (χ4v) is 3.72. The zero-order chi connectivity index (χ0) is 23.8. The maximum Gasteiger partial charge on any atom is 0.307 e. The minimum Gasteiger partial charge on any atom is -0.494 e. The van der Waals surface area contributed by atoms with E-state index in [0.717, 1.165) is 5.56 Å². The number of rotatable bonds is 6. The Morgan fingerprint density at radius 3 is 2.48 bits per heavy atom. The molecule has 5 N–H and O–H groups in total. The number of hydrogen-bond donors (Lipinski definition) is 4. The molecule has 7 heteroatoms. The Morgan fingerprint density at radius 1 is 1.09 bits per heavy atom. The lowest BCUT2D eigenvalue weighted by atomic mass is 9.95. The Bertz CT molecular complexity index is 1370. The number of aromatic amines is 1. The van der Waals surface area contributed by atoms with Gasteiger partial charge in [0.2, 0.25) is 0 Å². The number of aromatic hydroxyl groups is 1. The van der Waals surface area contributed by atoms with E-state index in [1.807, 2.05) is 38.1 Å². The van der Waals surface area contributed by atoms with Crippen LogP contribution in [-0.2, 0) is 16.8 Å². The zero-order valence-corrected chi connectivity index (χ0v) is 18.3. The predicted octanol–water partition coefficient (Wildman–Crippen LogP) is 5.00. The van der Waals surface area contributed by atoms with Gasteiger partial charge in [0.1, 0.15) is 5.82 Å². The van der Waals surface area contributed by atoms with Crippen LogP contribution in [-0.4, -0.2) is 26.9 Å². The van der Waals surface area contributed by atoms with Crippen LogP contribution in [0.25, 0.3) is 10.9 Å². The molecule has 0 saturated carbocycles. The van der Waals surface area contributed by atoms with E-state index < -0.39 is 17.3 Å². The van der Waals surface area contributed by atoms with E-state index in [-0.39, 0.29) is 12.3 Å². The molecule has 1 heterocycles. The molecule has 0 saturated heterocycles. The molecule has 0 aliphatic rings. The van der Waals surface area contributed by atoms with Crippen molar-refractivity contribution in [3.05, 3.63) is 94.8 Å². The lowest BCUT2D eigenvalue weighted by Gasteiger charge is -2.19. The number of nitrogens with one attached hydrogen (secondary N) is 1. The van der Waals surface area contributed by atoms with Crippen LogP contribution in [0.2, 0.25) is 0 Å². The molecular weight excluding hydrogens is 421 g/mol. The first-order chi connectivity index (χ1) is 15.6. The second kappa shape index (κ2) is 8.52. The monoisotopic (exact) mass is 445 g/mol. The summed E-state index contributed by atoms with van der Waals surface area (Å²) in [5.41, 5.74) is 9.85. The summed E-state index contributed by atoms with van der Waals surface area (Å²) < 4.78 is 13.8. The van der Waals surface area contributed by atoms with Gasteiger partial charge < -0.3 is 20.9 Å². The fraction of sp³-hybridized carbons (Fsp3) is 0.154. The highest BCUT2D eigenvalue weighted by Gasteiger charge is 2.20. The van der Waals surface area contributed by atoms with Gasteiger partial charge in [-0.1, -0.05) is 36.4 Å². The molecule has 6 nitrogen and oxygen atoms in total. The molecule has 1 aromatic heterocycles. The summed E-state index contributed by atoms with van der Waals surface area (Å²) in [7, 11) is 0. The molecule has 0 aliphatic carbocycles. The largest absolute Gasteiger partial charge is 0.494 e. The Labute approximate surface area is 190 Å². The highest BCUT2D eigenvalue weighted by atomic mass is 19.1. The second-order valence-electron chi connectivity index (χ2n) is 8.54. The van der Waals surface area contributed by atoms with Crippen molar-refractivity contribution in [3.8, 4) is 5.88 Å². The third kappa shape index (κ3) is 4.78. The molecule has 4 rings (SSSR count). The summed E-state index contributed by atoms with van der Waals surface area (Å²) in [6.07, 6.45) is -0.0992. The van der Waals surface area contributed by atoms with Crippen LogP contribution in [0, 0.1) is 5.82 Å². The van der Waals surface area contributed by atoms with Crippen molar-refractivity contribution in [2.75, 3.05) is 0 Å². The van der Waals surface area contributed by atoms with Gasteiger partial charge in [-0.3, -0.25) is 4.79 Å². The third-order valence-corrected chi connectivity index (χ3v) is 5.39. The molecule has 3 aromatic carbocycles. The van der Waals surface area contributed by atoms with Gasteiger partial charge in [0.25, 0.3) is 0 Å². The number of aliphatic carboxylic acids is 1. The van der Waals surface area contributed by atoms with Crippen molar-refractivity contribution in [1.82, 2.24) is 4.98 Å². The van der Waals surface area contributed by atoms with E-state index >= 15 is 0 Å². The molecule has 4 aromatic rings. The molecule has 0 aliphatic heterocycles. The summed E-state index contributed by atoms with van der Waals surface area (Å²) in [4.78, 5) is 18.7. The van der Waals surface area contributed by atoms with Crippen LogP contribution in [0.15, 0.2) is 71.7 Å². The van der Waals surface area contributed by atoms with Gasteiger partial charge in [-0.25, -0.2) is 9.38 Å². The number of nitrogens with two attached hydrogens (primary N) is 1. The van der Waals surface area contributed by atoms with Crippen LogP contribution in [0.5, 0.6) is 5.88 Å². The van der Waals surface area contributed by atoms with Crippen LogP contribution in [0.4, 0.5) is 10.1 Å². The molecule has 0 spiro atoms. The van der Waals surface area contributed by atoms with E-state index in [4.69, 9.17) is 15.8 Å². The highest BCUT2D eigenvalue weighted by molar-refractivity contribution is 6.21. The summed E-state index contributed by atoms with van der Waals surface area (Å²) in [6.45, 7) is 3.80. The average Bonchev–Trinajstić information content (AvgIpc) is 3.06. The number of aromatic nitrogens is 1. The minimum atomic E-state index is -0.922. The maximum atomic E-state index is 13.8. The van der Waals surface area contributed by atoms with Crippen LogP contribution < -0.4 is 5.73 Å². The summed E-state index contributed by atoms with van der Waals surface area (Å²) in [5, 5.41) is 20.4. The molecule has 168 valence electrons. The summed E-state index contributed by atoms with van der Waals surface area (Å²) in [6, 6.07) is 18.7. The average molecular weight is 445 g/mol. The number of carboxylic acids is 1. The molecule has 0 atom stereocenters. The number of fused-ring (bicyclic) bond motifs is 1. The number of nitrogens with zero attached hydrogens (tertiary/aromatic N) is 1. The van der Waals surface area contributed by atoms with Crippen molar-refractivity contribution in [3.63, 3.8) is 0 Å². The number of hydrogen-bond acceptors (Lipinski definition) is 4. The van der Waals surface area contributed by atoms with Gasteiger partial charge in [-0.05, 0) is 55.3 Å². The number of halogens is 1. The molecule has 0 bridgehead atoms. The number of carboxylic acid groups (broad SMARTS) is 1. The molecule has 0 radical (unpaired) electrons. The molecule has 0 unspecified atom stereocenters. The van der Waals surface area contributed by atoms with E-state index in [0.29, 0.717) is 39.0 Å². The van der Waals surface area contributed by atoms with E-state index in [1.165, 1.54) is 12.1 Å². The summed E-state index contributed by atoms with van der Waals surface area (Å²) >= 11 is 0. The lowest BCUT2D eigenvalue weighted by molar-refractivity contribution is -0.136. The SMILES string of the molecule is CC(C)(N)c1cccc(N=C(c2ccc(CC(=O)O)cc2)c2c(O)[nH]c3cc(F)ccc23)c1. The highest BCUT2D eigenvalue weighted by Crippen LogP contribution is 2.32. The van der Waals surface area contributed by atoms with E-state index in [2.05, 4.69) is 4.98 Å². The number of H-pyrrole nitrogens is 1. The maximum absolute atomic E-state index is 13.8. The van der Waals surface area contributed by atoms with Gasteiger partial charge >= 0.3 is 5.97 Å². The quantitative estimate of drug-likeness (QED) is 0.313. The van der Waals surface area contributed by atoms with Gasteiger partial charge in [0.15, 0.2) is 5.88 Å². The van der Waals surface area contributed by atoms with Crippen LogP contribution in [0.3, 0.4) is 0 Å². The second-order valence-corrected chi connectivity index (χ2v) is 8.54. The van der Waals surface area contributed by atoms with Gasteiger partial charge in [-0.2, -0.15) is 0 Å². The first-order valence-electron chi connectivity index (χ1n) is 10.4. The van der Waals surface area contributed by atoms with Crippen LogP contribution in [0.1, 0.15) is 36.1 Å². The van der Waals surface area contributed by atoms with Gasteiger partial charge in [0, 0.05) is 16.5 Å². The van der Waals surface area contributed by atoms with Crippen molar-refractivity contribution >= 4 is 28.3 Å². The Kier molecular flexibility index (Phi) is 5.74. The number of aliphatic imine (C=N–C) groups is 1. The first-order valence-corrected chi connectivity index (χ1v) is 10.4. The summed E-state index contributed by atoms with van der Waals surface area (Å²) in [5.74, 6) is -1.49. The third-order valence-electron chi connectivity index (χ3n) is 5.39. The van der Waals surface area contributed by atoms with Crippen LogP contribution >= 0.6 is 0 Å². The van der Waals surface area contributed by atoms with Crippen molar-refractivity contribution in [2.45, 2.75) is 25.8 Å². The minimum absolute atomic E-state index is 0.0992. The standard InChI is InChI=1S/C26H24FN3O3/c1-26(2,28)17-4-3-5-19(13-17)29-24(16-8-6-15(7-9-16)12-22(31)32)23-20-11-10-18(27)14-21(20)30-25(23)33/h3-11,13-14,30,33H,12,28H2,1-2H3,(H,31,32). The van der Waals surface area contributed by atoms with Gasteiger partial charge in [0.05, 0.1) is 28.9 Å². The van der Waals surface area contributed by atoms with E-state index in [9.17, 15) is 14.3 Å². The first kappa shape index (κ1) is 22.2. The molecule has 0 fully saturated rings. The number of carbonyl (C=O) groups is 1. The topological polar surface area (TPSA) is 112 Å². The molecule has 33 heavy (non-hydrogen) atoms. The van der Waals surface area contributed by atoms with Crippen molar-refractivity contribution < 1.29 is 19.4 Å². The molecular formula is C26H24FN3O3.